The van der Waals surface area contributed by atoms with Crippen LogP contribution >= 0.6 is 0 Å². The van der Waals surface area contributed by atoms with Crippen molar-refractivity contribution in [3.63, 3.8) is 0 Å². The molecule has 24 heavy (non-hydrogen) atoms. The SMILES string of the molecule is Cn1cc(-c2cccc(Cc3c4c(nn3C)CCCC4=O)c2)cn1. The van der Waals surface area contributed by atoms with Gasteiger partial charge in [-0.05, 0) is 24.0 Å². The number of hydrogen-bond donors (Lipinski definition) is 0. The highest BCUT2D eigenvalue weighted by Crippen LogP contribution is 2.27. The van der Waals surface area contributed by atoms with Crippen LogP contribution in [0, 0.1) is 0 Å². The van der Waals surface area contributed by atoms with Crippen LogP contribution in [0.4, 0.5) is 0 Å². The van der Waals surface area contributed by atoms with E-state index < -0.39 is 0 Å². The van der Waals surface area contributed by atoms with Gasteiger partial charge in [0.15, 0.2) is 5.78 Å². The predicted molar refractivity (Wildman–Crippen MR) is 91.9 cm³/mol. The minimum Gasteiger partial charge on any atom is -0.294 e. The molecule has 0 spiro atoms. The van der Waals surface area contributed by atoms with Crippen LogP contribution in [-0.4, -0.2) is 25.3 Å². The van der Waals surface area contributed by atoms with E-state index in [2.05, 4.69) is 34.5 Å². The molecule has 5 nitrogen and oxygen atoms in total. The summed E-state index contributed by atoms with van der Waals surface area (Å²) in [6, 6.07) is 8.42. The van der Waals surface area contributed by atoms with E-state index in [1.165, 1.54) is 5.56 Å². The number of carbonyl (C=O) groups excluding carboxylic acids is 1. The van der Waals surface area contributed by atoms with Gasteiger partial charge < -0.3 is 0 Å². The minimum atomic E-state index is 0.239. The molecule has 0 radical (unpaired) electrons. The molecule has 0 bridgehead atoms. The van der Waals surface area contributed by atoms with Crippen LogP contribution in [-0.2, 0) is 26.9 Å². The average Bonchev–Trinajstić information content (AvgIpc) is 3.13. The molecule has 122 valence electrons. The fraction of sp³-hybridized carbons (Fsp3) is 0.316. The van der Waals surface area contributed by atoms with Crippen molar-refractivity contribution in [2.45, 2.75) is 25.7 Å². The Morgan fingerprint density at radius 3 is 2.83 bits per heavy atom. The molecule has 2 aromatic heterocycles. The summed E-state index contributed by atoms with van der Waals surface area (Å²) in [6.07, 6.45) is 7.06. The molecule has 2 heterocycles. The Labute approximate surface area is 140 Å². The molecular weight excluding hydrogens is 300 g/mol. The molecule has 4 rings (SSSR count). The Hall–Kier alpha value is -2.69. The van der Waals surface area contributed by atoms with Crippen LogP contribution in [0.15, 0.2) is 36.7 Å². The Morgan fingerprint density at radius 2 is 2.04 bits per heavy atom. The van der Waals surface area contributed by atoms with Crippen LogP contribution in [0.5, 0.6) is 0 Å². The topological polar surface area (TPSA) is 52.7 Å². The molecule has 1 aliphatic carbocycles. The number of Topliss-reactive ketones (excluding diaryl/α,β-unsaturated/α-hetero) is 1. The molecule has 5 heteroatoms. The summed E-state index contributed by atoms with van der Waals surface area (Å²) in [6.45, 7) is 0. The second-order valence-corrected chi connectivity index (χ2v) is 6.45. The standard InChI is InChI=1S/C19H20N4O/c1-22-12-15(11-20-22)14-6-3-5-13(9-14)10-17-19-16(21-23(17)2)7-4-8-18(19)24/h3,5-6,9,11-12H,4,7-8,10H2,1-2H3. The average molecular weight is 320 g/mol. The Morgan fingerprint density at radius 1 is 1.17 bits per heavy atom. The first-order chi connectivity index (χ1) is 11.6. The minimum absolute atomic E-state index is 0.239. The first-order valence-electron chi connectivity index (χ1n) is 8.28. The molecule has 0 N–H and O–H groups in total. The zero-order chi connectivity index (χ0) is 16.7. The number of fused-ring (bicyclic) bond motifs is 1. The van der Waals surface area contributed by atoms with Gasteiger partial charge in [0.05, 0.1) is 23.1 Å². The summed E-state index contributed by atoms with van der Waals surface area (Å²) in [4.78, 5) is 12.3. The van der Waals surface area contributed by atoms with Gasteiger partial charge in [-0.25, -0.2) is 0 Å². The lowest BCUT2D eigenvalue weighted by Crippen LogP contribution is -2.11. The maximum Gasteiger partial charge on any atom is 0.166 e. The Kier molecular flexibility index (Phi) is 3.56. The summed E-state index contributed by atoms with van der Waals surface area (Å²) in [5.41, 5.74) is 6.27. The first kappa shape index (κ1) is 14.9. The summed E-state index contributed by atoms with van der Waals surface area (Å²) in [5, 5.41) is 8.80. The highest BCUT2D eigenvalue weighted by molar-refractivity contribution is 5.99. The van der Waals surface area contributed by atoms with Gasteiger partial charge in [-0.2, -0.15) is 10.2 Å². The first-order valence-corrected chi connectivity index (χ1v) is 8.28. The van der Waals surface area contributed by atoms with E-state index >= 15 is 0 Å². The van der Waals surface area contributed by atoms with Gasteiger partial charge in [0.2, 0.25) is 0 Å². The fourth-order valence-corrected chi connectivity index (χ4v) is 3.49. The van der Waals surface area contributed by atoms with Gasteiger partial charge in [0.1, 0.15) is 0 Å². The Balaban J connectivity index is 1.70. The number of ketones is 1. The van der Waals surface area contributed by atoms with Crippen molar-refractivity contribution in [2.75, 3.05) is 0 Å². The monoisotopic (exact) mass is 320 g/mol. The number of benzene rings is 1. The maximum absolute atomic E-state index is 12.3. The largest absolute Gasteiger partial charge is 0.294 e. The third-order valence-electron chi connectivity index (χ3n) is 4.67. The van der Waals surface area contributed by atoms with Crippen molar-refractivity contribution in [3.05, 3.63) is 59.2 Å². The second-order valence-electron chi connectivity index (χ2n) is 6.45. The Bertz CT molecular complexity index is 919. The van der Waals surface area contributed by atoms with Crippen molar-refractivity contribution in [1.82, 2.24) is 19.6 Å². The number of rotatable bonds is 3. The zero-order valence-corrected chi connectivity index (χ0v) is 14.0. The lowest BCUT2D eigenvalue weighted by Gasteiger charge is -2.11. The van der Waals surface area contributed by atoms with E-state index in [-0.39, 0.29) is 5.78 Å². The summed E-state index contributed by atoms with van der Waals surface area (Å²) < 4.78 is 3.68. The molecule has 1 aromatic carbocycles. The van der Waals surface area contributed by atoms with E-state index in [1.807, 2.05) is 31.2 Å². The van der Waals surface area contributed by atoms with Crippen LogP contribution in [0.3, 0.4) is 0 Å². The van der Waals surface area contributed by atoms with Crippen LogP contribution in [0.25, 0.3) is 11.1 Å². The van der Waals surface area contributed by atoms with Gasteiger partial charge in [-0.3, -0.25) is 14.2 Å². The maximum atomic E-state index is 12.3. The van der Waals surface area contributed by atoms with Gasteiger partial charge in [0, 0.05) is 38.7 Å². The van der Waals surface area contributed by atoms with Gasteiger partial charge in [-0.15, -0.1) is 0 Å². The molecule has 1 aliphatic rings. The number of aryl methyl sites for hydroxylation is 3. The van der Waals surface area contributed by atoms with Crippen molar-refractivity contribution in [1.29, 1.82) is 0 Å². The van der Waals surface area contributed by atoms with Crippen molar-refractivity contribution < 1.29 is 4.79 Å². The third kappa shape index (κ3) is 2.56. The molecule has 3 aromatic rings. The number of hydrogen-bond acceptors (Lipinski definition) is 3. The molecular formula is C19H20N4O. The molecule has 0 fully saturated rings. The van der Waals surface area contributed by atoms with Crippen molar-refractivity contribution >= 4 is 5.78 Å². The van der Waals surface area contributed by atoms with E-state index in [0.29, 0.717) is 6.42 Å². The second kappa shape index (κ2) is 5.74. The lowest BCUT2D eigenvalue weighted by molar-refractivity contribution is 0.0971. The lowest BCUT2D eigenvalue weighted by atomic mass is 9.92. The summed E-state index contributed by atoms with van der Waals surface area (Å²) in [7, 11) is 3.85. The van der Waals surface area contributed by atoms with Gasteiger partial charge in [0.25, 0.3) is 0 Å². The van der Waals surface area contributed by atoms with E-state index in [9.17, 15) is 4.79 Å². The van der Waals surface area contributed by atoms with Gasteiger partial charge >= 0.3 is 0 Å². The number of nitrogens with zero attached hydrogens (tertiary/aromatic N) is 4. The molecule has 0 amide bonds. The van der Waals surface area contributed by atoms with Crippen LogP contribution in [0.1, 0.15) is 40.2 Å². The van der Waals surface area contributed by atoms with Crippen molar-refractivity contribution in [3.8, 4) is 11.1 Å². The molecule has 0 saturated heterocycles. The third-order valence-corrected chi connectivity index (χ3v) is 4.67. The highest BCUT2D eigenvalue weighted by atomic mass is 16.1. The van der Waals surface area contributed by atoms with Crippen molar-refractivity contribution in [2.24, 2.45) is 14.1 Å². The molecule has 0 unspecified atom stereocenters. The molecule has 0 aliphatic heterocycles. The van der Waals surface area contributed by atoms with E-state index in [4.69, 9.17) is 0 Å². The normalized spacial score (nSPS) is 14.0. The zero-order valence-electron chi connectivity index (χ0n) is 14.0. The van der Waals surface area contributed by atoms with Crippen LogP contribution < -0.4 is 0 Å². The molecule has 0 atom stereocenters. The van der Waals surface area contributed by atoms with Crippen LogP contribution in [0.2, 0.25) is 0 Å². The van der Waals surface area contributed by atoms with E-state index in [0.717, 1.165) is 47.3 Å². The fourth-order valence-electron chi connectivity index (χ4n) is 3.49. The molecule has 0 saturated carbocycles. The smallest absolute Gasteiger partial charge is 0.166 e. The van der Waals surface area contributed by atoms with Gasteiger partial charge in [-0.1, -0.05) is 24.3 Å². The number of aromatic nitrogens is 4. The highest BCUT2D eigenvalue weighted by Gasteiger charge is 2.25. The quantitative estimate of drug-likeness (QED) is 0.745. The van der Waals surface area contributed by atoms with E-state index in [1.54, 1.807) is 4.68 Å². The number of carbonyl (C=O) groups is 1. The summed E-state index contributed by atoms with van der Waals surface area (Å²) in [5.74, 6) is 0.239. The summed E-state index contributed by atoms with van der Waals surface area (Å²) >= 11 is 0. The predicted octanol–water partition coefficient (Wildman–Crippen LogP) is 2.93.